The summed E-state index contributed by atoms with van der Waals surface area (Å²) in [5.74, 6) is 0.718. The van der Waals surface area contributed by atoms with Crippen molar-refractivity contribution in [3.63, 3.8) is 0 Å². The summed E-state index contributed by atoms with van der Waals surface area (Å²) in [6.45, 7) is 8.30. The maximum atomic E-state index is 13.0. The molecule has 1 aromatic carbocycles. The Morgan fingerprint density at radius 2 is 2.00 bits per heavy atom. The van der Waals surface area contributed by atoms with Crippen molar-refractivity contribution in [2.24, 2.45) is 5.92 Å². The van der Waals surface area contributed by atoms with Gasteiger partial charge in [-0.2, -0.15) is 0 Å². The zero-order valence-electron chi connectivity index (χ0n) is 19.1. The fourth-order valence-electron chi connectivity index (χ4n) is 4.76. The second-order valence-electron chi connectivity index (χ2n) is 9.12. The molecule has 0 spiro atoms. The number of oxazole rings is 1. The minimum absolute atomic E-state index is 0.0484. The van der Waals surface area contributed by atoms with Crippen molar-refractivity contribution in [1.29, 1.82) is 0 Å². The number of carbonyl (C=O) groups excluding carboxylic acids is 1. The molecule has 166 valence electrons. The van der Waals surface area contributed by atoms with Gasteiger partial charge in [-0.05, 0) is 51.3 Å². The molecule has 4 rings (SSSR count). The Kier molecular flexibility index (Phi) is 6.46. The Morgan fingerprint density at radius 1 is 1.26 bits per heavy atom. The molecular formula is C25H34N4O2. The van der Waals surface area contributed by atoms with Crippen LogP contribution in [0.3, 0.4) is 0 Å². The first-order valence-electron chi connectivity index (χ1n) is 11.5. The molecule has 1 fully saturated rings. The molecule has 31 heavy (non-hydrogen) atoms. The van der Waals surface area contributed by atoms with Gasteiger partial charge in [0.15, 0.2) is 11.5 Å². The second kappa shape index (κ2) is 9.27. The van der Waals surface area contributed by atoms with E-state index < -0.39 is 0 Å². The minimum Gasteiger partial charge on any atom is -0.420 e. The monoisotopic (exact) mass is 422 g/mol. The van der Waals surface area contributed by atoms with Crippen LogP contribution in [-0.2, 0) is 6.42 Å². The predicted octanol–water partition coefficient (Wildman–Crippen LogP) is 4.92. The zero-order chi connectivity index (χ0) is 22.0. The van der Waals surface area contributed by atoms with E-state index in [2.05, 4.69) is 72.0 Å². The number of rotatable bonds is 8. The van der Waals surface area contributed by atoms with Crippen molar-refractivity contribution in [3.8, 4) is 0 Å². The van der Waals surface area contributed by atoms with E-state index in [1.165, 1.54) is 10.9 Å². The molecule has 3 atom stereocenters. The van der Waals surface area contributed by atoms with E-state index in [1.807, 2.05) is 6.07 Å². The van der Waals surface area contributed by atoms with Crippen molar-refractivity contribution >= 4 is 22.7 Å². The fourth-order valence-corrected chi connectivity index (χ4v) is 4.76. The lowest BCUT2D eigenvalue weighted by molar-refractivity contribution is 0.0931. The maximum Gasteiger partial charge on any atom is 0.297 e. The van der Waals surface area contributed by atoms with Crippen LogP contribution in [0.1, 0.15) is 56.2 Å². The van der Waals surface area contributed by atoms with Crippen LogP contribution < -0.4 is 4.90 Å². The van der Waals surface area contributed by atoms with Crippen LogP contribution in [0, 0.1) is 5.92 Å². The van der Waals surface area contributed by atoms with Crippen molar-refractivity contribution < 1.29 is 9.21 Å². The zero-order valence-corrected chi connectivity index (χ0v) is 19.1. The van der Waals surface area contributed by atoms with Gasteiger partial charge in [-0.3, -0.25) is 9.69 Å². The molecule has 2 aromatic heterocycles. The van der Waals surface area contributed by atoms with Crippen LogP contribution in [-0.4, -0.2) is 52.9 Å². The van der Waals surface area contributed by atoms with E-state index in [4.69, 9.17) is 4.42 Å². The van der Waals surface area contributed by atoms with Gasteiger partial charge < -0.3 is 14.3 Å². The number of fused-ring (bicyclic) bond motifs is 1. The number of hydrogen-bond donors (Lipinski definition) is 1. The largest absolute Gasteiger partial charge is 0.420 e. The molecule has 1 saturated heterocycles. The lowest BCUT2D eigenvalue weighted by atomic mass is 9.90. The number of ketones is 1. The lowest BCUT2D eigenvalue weighted by Gasteiger charge is -2.41. The van der Waals surface area contributed by atoms with E-state index in [0.717, 1.165) is 37.9 Å². The number of nitrogens with one attached hydrogen (secondary N) is 1. The minimum atomic E-state index is 0.0484. The number of para-hydroxylation sites is 1. The molecular weight excluding hydrogens is 388 g/mol. The molecule has 3 aromatic rings. The van der Waals surface area contributed by atoms with Gasteiger partial charge in [-0.25, -0.2) is 4.98 Å². The first kappa shape index (κ1) is 21.6. The SMILES string of the molecule is CCCC(CC(=O)c1cnc(N2C[C@@H](C)N(C)[C@H](C)C2)o1)Cc1c[nH]c2ccccc12. The topological polar surface area (TPSA) is 65.4 Å². The van der Waals surface area contributed by atoms with Gasteiger partial charge >= 0.3 is 0 Å². The number of hydrogen-bond acceptors (Lipinski definition) is 5. The number of benzene rings is 1. The lowest BCUT2D eigenvalue weighted by Crippen LogP contribution is -2.55. The molecule has 0 radical (unpaired) electrons. The first-order chi connectivity index (χ1) is 15.0. The number of anilines is 1. The number of aromatic nitrogens is 2. The van der Waals surface area contributed by atoms with Gasteiger partial charge in [0.25, 0.3) is 6.01 Å². The summed E-state index contributed by atoms with van der Waals surface area (Å²) < 4.78 is 5.94. The highest BCUT2D eigenvalue weighted by Gasteiger charge is 2.29. The van der Waals surface area contributed by atoms with Crippen LogP contribution >= 0.6 is 0 Å². The van der Waals surface area contributed by atoms with Gasteiger partial charge in [0.05, 0.1) is 6.20 Å². The number of aromatic amines is 1. The molecule has 0 bridgehead atoms. The fraction of sp³-hybridized carbons (Fsp3) is 0.520. The Hall–Kier alpha value is -2.60. The number of H-pyrrole nitrogens is 1. The van der Waals surface area contributed by atoms with Gasteiger partial charge in [0.2, 0.25) is 0 Å². The van der Waals surface area contributed by atoms with Crippen molar-refractivity contribution in [2.75, 3.05) is 25.0 Å². The number of Topliss-reactive ketones (excluding diaryl/α,β-unsaturated/α-hetero) is 1. The molecule has 1 aliphatic rings. The number of piperazine rings is 1. The summed E-state index contributed by atoms with van der Waals surface area (Å²) >= 11 is 0. The first-order valence-corrected chi connectivity index (χ1v) is 11.5. The molecule has 6 nitrogen and oxygen atoms in total. The molecule has 0 saturated carbocycles. The Morgan fingerprint density at radius 3 is 2.74 bits per heavy atom. The van der Waals surface area contributed by atoms with E-state index in [0.29, 0.717) is 30.3 Å². The Balaban J connectivity index is 1.43. The molecule has 6 heteroatoms. The van der Waals surface area contributed by atoms with Gasteiger partial charge in [-0.1, -0.05) is 31.5 Å². The quantitative estimate of drug-likeness (QED) is 0.522. The van der Waals surface area contributed by atoms with Crippen molar-refractivity contribution in [3.05, 3.63) is 48.0 Å². The molecule has 3 heterocycles. The average Bonchev–Trinajstić information content (AvgIpc) is 3.40. The van der Waals surface area contributed by atoms with Gasteiger partial charge in [0, 0.05) is 48.7 Å². The van der Waals surface area contributed by atoms with E-state index >= 15 is 0 Å². The molecule has 0 amide bonds. The van der Waals surface area contributed by atoms with Crippen molar-refractivity contribution in [1.82, 2.24) is 14.9 Å². The average molecular weight is 423 g/mol. The van der Waals surface area contributed by atoms with Crippen LogP contribution in [0.2, 0.25) is 0 Å². The second-order valence-corrected chi connectivity index (χ2v) is 9.12. The summed E-state index contributed by atoms with van der Waals surface area (Å²) in [6.07, 6.45) is 7.13. The van der Waals surface area contributed by atoms with Crippen LogP contribution in [0.25, 0.3) is 10.9 Å². The number of likely N-dealkylation sites (N-methyl/N-ethyl adjacent to an activating group) is 1. The van der Waals surface area contributed by atoms with Gasteiger partial charge in [-0.15, -0.1) is 0 Å². The predicted molar refractivity (Wildman–Crippen MR) is 125 cm³/mol. The van der Waals surface area contributed by atoms with Crippen LogP contribution in [0.15, 0.2) is 41.1 Å². The summed E-state index contributed by atoms with van der Waals surface area (Å²) in [7, 11) is 2.15. The third kappa shape index (κ3) is 4.69. The molecule has 0 aliphatic carbocycles. The Bertz CT molecular complexity index is 1010. The normalized spacial score (nSPS) is 21.0. The highest BCUT2D eigenvalue weighted by molar-refractivity contribution is 5.93. The summed E-state index contributed by atoms with van der Waals surface area (Å²) in [6, 6.07) is 9.75. The molecule has 1 aliphatic heterocycles. The van der Waals surface area contributed by atoms with Crippen LogP contribution in [0.4, 0.5) is 6.01 Å². The van der Waals surface area contributed by atoms with Gasteiger partial charge in [0.1, 0.15) is 0 Å². The summed E-state index contributed by atoms with van der Waals surface area (Å²) in [5, 5.41) is 1.25. The standard InChI is InChI=1S/C25H34N4O2/c1-5-8-19(11-20-13-26-22-10-7-6-9-21(20)22)12-23(30)24-14-27-25(31-24)29-15-17(2)28(4)18(3)16-29/h6-7,9-10,13-14,17-19,26H,5,8,11-12,15-16H2,1-4H3/t17-,18-,19?/m1/s1. The summed E-state index contributed by atoms with van der Waals surface area (Å²) in [4.78, 5) is 25.3. The van der Waals surface area contributed by atoms with Crippen molar-refractivity contribution in [2.45, 2.75) is 58.5 Å². The number of nitrogens with zero attached hydrogens (tertiary/aromatic N) is 3. The Labute approximate surface area is 184 Å². The van der Waals surface area contributed by atoms with E-state index in [9.17, 15) is 4.79 Å². The third-order valence-electron chi connectivity index (χ3n) is 6.75. The third-order valence-corrected chi connectivity index (χ3v) is 6.75. The van der Waals surface area contributed by atoms with E-state index in [-0.39, 0.29) is 11.7 Å². The highest BCUT2D eigenvalue weighted by atomic mass is 16.4. The number of carbonyl (C=O) groups is 1. The maximum absolute atomic E-state index is 13.0. The highest BCUT2D eigenvalue weighted by Crippen LogP contribution is 2.27. The molecule has 1 unspecified atom stereocenters. The van der Waals surface area contributed by atoms with Crippen LogP contribution in [0.5, 0.6) is 0 Å². The summed E-state index contributed by atoms with van der Waals surface area (Å²) in [5.41, 5.74) is 2.43. The molecule has 1 N–H and O–H groups in total. The van der Waals surface area contributed by atoms with E-state index in [1.54, 1.807) is 6.20 Å². The smallest absolute Gasteiger partial charge is 0.297 e.